The molecule has 0 aliphatic rings. The van der Waals surface area contributed by atoms with Crippen molar-refractivity contribution in [3.8, 4) is 0 Å². The SMILES string of the molecule is C=C(C)c1cccc(C(C)(C)NC(=O)OCC[n+]2cccc(CCCC)c2)c1.O=S(=O)([N-]S(=O)(=O)C(F)(F)F)C(F)(F)F. The maximum Gasteiger partial charge on any atom is 0.480 e. The molecular weight excluding hydrogens is 628 g/mol. The van der Waals surface area contributed by atoms with Crippen LogP contribution in [0.1, 0.15) is 57.2 Å². The van der Waals surface area contributed by atoms with Crippen molar-refractivity contribution in [3.05, 3.63) is 76.2 Å². The third-order valence-electron chi connectivity index (χ3n) is 5.59. The molecule has 1 N–H and O–H groups in total. The van der Waals surface area contributed by atoms with Crippen LogP contribution in [0.15, 0.2) is 55.4 Å². The standard InChI is InChI=1S/C24H32N2O2.C2F6NO4S2/c1-6-7-10-20-11-9-14-26(18-20)15-16-28-23(27)25-24(4,5)22-13-8-12-21(17-22)19(2)3;3-1(4,5)14(10,11)9-15(12,13)2(6,7)8/h8-9,11-14,17-18H,2,6-7,10,15-16H2,1,3-5H3;/q;-1/p+1. The number of benzene rings is 1. The van der Waals surface area contributed by atoms with Crippen LogP contribution in [0.5, 0.6) is 0 Å². The summed E-state index contributed by atoms with van der Waals surface area (Å²) in [6, 6.07) is 12.2. The summed E-state index contributed by atoms with van der Waals surface area (Å²) in [4.78, 5) is 12.3. The van der Waals surface area contributed by atoms with Crippen molar-refractivity contribution in [2.75, 3.05) is 6.61 Å². The maximum absolute atomic E-state index is 12.3. The highest BCUT2D eigenvalue weighted by Gasteiger charge is 2.47. The summed E-state index contributed by atoms with van der Waals surface area (Å²) >= 11 is 0. The molecule has 17 heteroatoms. The lowest BCUT2D eigenvalue weighted by Gasteiger charge is -2.27. The second-order valence-electron chi connectivity index (χ2n) is 9.72. The number of ether oxygens (including phenoxy) is 1. The monoisotopic (exact) mass is 661 g/mol. The maximum atomic E-state index is 12.3. The summed E-state index contributed by atoms with van der Waals surface area (Å²) < 4.78 is 117. The van der Waals surface area contributed by atoms with Gasteiger partial charge in [-0.1, -0.05) is 43.7 Å². The van der Waals surface area contributed by atoms with E-state index in [9.17, 15) is 48.0 Å². The highest BCUT2D eigenvalue weighted by atomic mass is 32.3. The Morgan fingerprint density at radius 1 is 1.00 bits per heavy atom. The van der Waals surface area contributed by atoms with Crippen LogP contribution in [0.25, 0.3) is 9.70 Å². The quantitative estimate of drug-likeness (QED) is 0.230. The summed E-state index contributed by atoms with van der Waals surface area (Å²) in [6.07, 6.45) is 7.17. The van der Waals surface area contributed by atoms with Crippen LogP contribution in [0.4, 0.5) is 31.1 Å². The van der Waals surface area contributed by atoms with Gasteiger partial charge in [0.25, 0.3) is 0 Å². The van der Waals surface area contributed by atoms with Crippen LogP contribution in [0.3, 0.4) is 0 Å². The molecule has 0 saturated heterocycles. The number of hydrogen-bond donors (Lipinski definition) is 1. The number of nitrogens with zero attached hydrogens (tertiary/aromatic N) is 2. The average Bonchev–Trinajstić information content (AvgIpc) is 2.86. The van der Waals surface area contributed by atoms with Gasteiger partial charge in [-0.2, -0.15) is 26.3 Å². The van der Waals surface area contributed by atoms with Crippen LogP contribution < -0.4 is 9.88 Å². The summed E-state index contributed by atoms with van der Waals surface area (Å²) in [5, 5.41) is 2.96. The van der Waals surface area contributed by atoms with Crippen molar-refractivity contribution >= 4 is 31.7 Å². The fraction of sp³-hybridized carbons (Fsp3) is 0.462. The Kier molecular flexibility index (Phi) is 13.2. The highest BCUT2D eigenvalue weighted by molar-refractivity contribution is 8.13. The molecular formula is C26H33F6N3O6S2. The minimum atomic E-state index is -6.72. The normalized spacial score (nSPS) is 12.6. The van der Waals surface area contributed by atoms with Gasteiger partial charge in [-0.3, -0.25) is 0 Å². The van der Waals surface area contributed by atoms with Gasteiger partial charge in [0.05, 0.1) is 5.54 Å². The number of rotatable bonds is 11. The van der Waals surface area contributed by atoms with Crippen molar-refractivity contribution in [1.82, 2.24) is 5.32 Å². The Labute approximate surface area is 247 Å². The van der Waals surface area contributed by atoms with Gasteiger partial charge in [-0.15, -0.1) is 0 Å². The third-order valence-corrected chi connectivity index (χ3v) is 8.33. The number of aromatic nitrogens is 1. The molecule has 0 aliphatic heterocycles. The van der Waals surface area contributed by atoms with Crippen molar-refractivity contribution in [2.45, 2.75) is 70.1 Å². The number of allylic oxidation sites excluding steroid dienone is 1. The first-order chi connectivity index (χ1) is 19.5. The number of pyridine rings is 1. The van der Waals surface area contributed by atoms with Gasteiger partial charge in [-0.25, -0.2) is 26.2 Å². The molecule has 9 nitrogen and oxygen atoms in total. The van der Waals surface area contributed by atoms with Crippen molar-refractivity contribution in [2.24, 2.45) is 0 Å². The number of aryl methyl sites for hydroxylation is 1. The van der Waals surface area contributed by atoms with E-state index in [1.54, 1.807) is 0 Å². The molecule has 242 valence electrons. The number of nitrogens with one attached hydrogen (secondary N) is 1. The molecule has 2 rings (SSSR count). The van der Waals surface area contributed by atoms with E-state index in [1.165, 1.54) is 18.4 Å². The number of alkyl halides is 6. The van der Waals surface area contributed by atoms with E-state index >= 15 is 0 Å². The van der Waals surface area contributed by atoms with E-state index in [0.29, 0.717) is 13.2 Å². The van der Waals surface area contributed by atoms with Crippen LogP contribution >= 0.6 is 0 Å². The highest BCUT2D eigenvalue weighted by Crippen LogP contribution is 2.36. The van der Waals surface area contributed by atoms with Gasteiger partial charge in [0.15, 0.2) is 45.6 Å². The van der Waals surface area contributed by atoms with Crippen molar-refractivity contribution in [3.63, 3.8) is 0 Å². The number of hydrogen-bond acceptors (Lipinski definition) is 6. The molecule has 0 unspecified atom stereocenters. The van der Waals surface area contributed by atoms with Crippen LogP contribution in [0, 0.1) is 0 Å². The number of halogens is 6. The second-order valence-corrected chi connectivity index (χ2v) is 13.1. The van der Waals surface area contributed by atoms with Crippen LogP contribution in [0.2, 0.25) is 0 Å². The van der Waals surface area contributed by atoms with Gasteiger partial charge in [0.1, 0.15) is 0 Å². The average molecular weight is 662 g/mol. The first-order valence-electron chi connectivity index (χ1n) is 12.6. The van der Waals surface area contributed by atoms with E-state index in [1.807, 2.05) is 51.2 Å². The zero-order chi connectivity index (χ0) is 33.3. The predicted molar refractivity (Wildman–Crippen MR) is 147 cm³/mol. The molecule has 2 aromatic rings. The van der Waals surface area contributed by atoms with E-state index in [-0.39, 0.29) is 0 Å². The Bertz CT molecular complexity index is 1430. The second kappa shape index (κ2) is 15.0. The summed E-state index contributed by atoms with van der Waals surface area (Å²) in [5.41, 5.74) is -8.54. The zero-order valence-corrected chi connectivity index (χ0v) is 25.4. The molecule has 1 amide bonds. The molecule has 0 saturated carbocycles. The molecule has 0 spiro atoms. The Hall–Kier alpha value is -3.18. The Balaban J connectivity index is 0.000000523. The summed E-state index contributed by atoms with van der Waals surface area (Å²) in [6.45, 7) is 13.1. The third kappa shape index (κ3) is 12.1. The minimum Gasteiger partial charge on any atom is -0.443 e. The summed E-state index contributed by atoms with van der Waals surface area (Å²) in [5.74, 6) is 0. The predicted octanol–water partition coefficient (Wildman–Crippen LogP) is 6.07. The molecule has 0 bridgehead atoms. The fourth-order valence-corrected chi connectivity index (χ4v) is 4.95. The number of carbonyl (C=O) groups excluding carboxylic acids is 1. The minimum absolute atomic E-state index is 0.329. The van der Waals surface area contributed by atoms with Gasteiger partial charge in [0.2, 0.25) is 0 Å². The van der Waals surface area contributed by atoms with Gasteiger partial charge < -0.3 is 14.2 Å². The van der Waals surface area contributed by atoms with Gasteiger partial charge in [-0.05, 0) is 56.9 Å². The van der Waals surface area contributed by atoms with Crippen LogP contribution in [-0.2, 0) is 43.3 Å². The molecule has 43 heavy (non-hydrogen) atoms. The molecule has 0 radical (unpaired) electrons. The number of amides is 1. The number of unbranched alkanes of at least 4 members (excludes halogenated alkanes) is 1. The molecule has 0 atom stereocenters. The van der Waals surface area contributed by atoms with E-state index < -0.39 is 42.7 Å². The lowest BCUT2D eigenvalue weighted by molar-refractivity contribution is -0.698. The summed E-state index contributed by atoms with van der Waals surface area (Å²) in [7, 11) is -13.4. The number of carbonyl (C=O) groups is 1. The van der Waals surface area contributed by atoms with E-state index in [0.717, 1.165) is 27.2 Å². The lowest BCUT2D eigenvalue weighted by atomic mass is 9.92. The zero-order valence-electron chi connectivity index (χ0n) is 23.8. The molecule has 1 heterocycles. The first-order valence-corrected chi connectivity index (χ1v) is 15.5. The fourth-order valence-electron chi connectivity index (χ4n) is 3.24. The Morgan fingerprint density at radius 3 is 2.09 bits per heavy atom. The topological polar surface area (TPSA) is 125 Å². The molecule has 0 aliphatic carbocycles. The molecule has 1 aromatic carbocycles. The lowest BCUT2D eigenvalue weighted by Crippen LogP contribution is -2.43. The van der Waals surface area contributed by atoms with Crippen molar-refractivity contribution in [1.29, 1.82) is 0 Å². The molecule has 0 fully saturated rings. The first kappa shape index (κ1) is 37.8. The van der Waals surface area contributed by atoms with Gasteiger partial charge in [0, 0.05) is 11.6 Å². The largest absolute Gasteiger partial charge is 0.480 e. The number of sulfonamides is 2. The van der Waals surface area contributed by atoms with Gasteiger partial charge >= 0.3 is 17.1 Å². The van der Waals surface area contributed by atoms with E-state index in [2.05, 4.69) is 41.7 Å². The molecule has 1 aromatic heterocycles. The Morgan fingerprint density at radius 2 is 1.58 bits per heavy atom. The smallest absolute Gasteiger partial charge is 0.443 e. The van der Waals surface area contributed by atoms with Crippen LogP contribution in [-0.4, -0.2) is 40.6 Å². The van der Waals surface area contributed by atoms with E-state index in [4.69, 9.17) is 4.74 Å². The van der Waals surface area contributed by atoms with Crippen molar-refractivity contribution < 1.29 is 57.3 Å². The number of alkyl carbamates (subject to hydrolysis) is 1.